The molecule has 0 aromatic heterocycles. The molecule has 0 aromatic carbocycles. The Morgan fingerprint density at radius 2 is 2.00 bits per heavy atom. The van der Waals surface area contributed by atoms with E-state index in [4.69, 9.17) is 0 Å². The van der Waals surface area contributed by atoms with Crippen LogP contribution in [0.1, 0.15) is 47.0 Å². The summed E-state index contributed by atoms with van der Waals surface area (Å²) in [5.74, 6) is 3.41. The van der Waals surface area contributed by atoms with Gasteiger partial charge < -0.3 is 5.32 Å². The van der Waals surface area contributed by atoms with Gasteiger partial charge in [-0.25, -0.2) is 0 Å². The first-order valence-corrected chi connectivity index (χ1v) is 7.50. The third-order valence-electron chi connectivity index (χ3n) is 3.27. The minimum absolute atomic E-state index is 0.455. The van der Waals surface area contributed by atoms with Gasteiger partial charge >= 0.3 is 0 Å². The van der Waals surface area contributed by atoms with Crippen molar-refractivity contribution in [3.63, 3.8) is 0 Å². The van der Waals surface area contributed by atoms with E-state index in [9.17, 15) is 0 Å². The predicted octanol–water partition coefficient (Wildman–Crippen LogP) is 3.54. The van der Waals surface area contributed by atoms with Crippen LogP contribution < -0.4 is 5.32 Å². The van der Waals surface area contributed by atoms with Crippen LogP contribution >= 0.6 is 11.8 Å². The molecular formula is C13H27NS. The van der Waals surface area contributed by atoms with Crippen molar-refractivity contribution in [2.45, 2.75) is 53.0 Å². The van der Waals surface area contributed by atoms with Crippen LogP contribution in [-0.4, -0.2) is 24.1 Å². The Kier molecular flexibility index (Phi) is 5.48. The Labute approximate surface area is 99.8 Å². The maximum Gasteiger partial charge on any atom is 0.00683 e. The van der Waals surface area contributed by atoms with Gasteiger partial charge in [0.15, 0.2) is 0 Å². The van der Waals surface area contributed by atoms with E-state index in [2.05, 4.69) is 44.8 Å². The van der Waals surface area contributed by atoms with Crippen molar-refractivity contribution in [1.82, 2.24) is 5.32 Å². The number of hydrogen-bond donors (Lipinski definition) is 1. The summed E-state index contributed by atoms with van der Waals surface area (Å²) in [7, 11) is 0. The van der Waals surface area contributed by atoms with Crippen molar-refractivity contribution in [3.05, 3.63) is 0 Å². The summed E-state index contributed by atoms with van der Waals surface area (Å²) in [5, 5.41) is 3.68. The van der Waals surface area contributed by atoms with Gasteiger partial charge in [0.2, 0.25) is 0 Å². The van der Waals surface area contributed by atoms with Crippen LogP contribution in [-0.2, 0) is 0 Å². The lowest BCUT2D eigenvalue weighted by atomic mass is 9.79. The van der Waals surface area contributed by atoms with Gasteiger partial charge in [-0.15, -0.1) is 0 Å². The molecule has 0 heterocycles. The fourth-order valence-corrected chi connectivity index (χ4v) is 2.55. The second kappa shape index (κ2) is 6.15. The molecule has 1 fully saturated rings. The number of rotatable bonds is 7. The Morgan fingerprint density at radius 1 is 1.33 bits per heavy atom. The molecule has 1 aliphatic carbocycles. The molecular weight excluding hydrogens is 202 g/mol. The van der Waals surface area contributed by atoms with Crippen molar-refractivity contribution in [3.8, 4) is 0 Å². The average Bonchev–Trinajstić information content (AvgIpc) is 2.92. The molecule has 90 valence electrons. The highest BCUT2D eigenvalue weighted by Crippen LogP contribution is 2.30. The summed E-state index contributed by atoms with van der Waals surface area (Å²) in [5.41, 5.74) is 0.455. The van der Waals surface area contributed by atoms with Crippen molar-refractivity contribution in [2.24, 2.45) is 11.3 Å². The smallest absolute Gasteiger partial charge is 0.00683 e. The minimum Gasteiger partial charge on any atom is -0.314 e. The Hall–Kier alpha value is 0.310. The molecule has 0 aliphatic heterocycles. The summed E-state index contributed by atoms with van der Waals surface area (Å²) in [6, 6.07) is 0.855. The molecule has 1 nitrogen and oxygen atoms in total. The Bertz CT molecular complexity index is 170. The van der Waals surface area contributed by atoms with Crippen LogP contribution in [0.4, 0.5) is 0 Å². The van der Waals surface area contributed by atoms with Crippen LogP contribution in [0.15, 0.2) is 0 Å². The molecule has 0 saturated heterocycles. The van der Waals surface area contributed by atoms with Gasteiger partial charge in [-0.05, 0) is 48.6 Å². The summed E-state index contributed by atoms with van der Waals surface area (Å²) in [6.07, 6.45) is 4.17. The van der Waals surface area contributed by atoms with Gasteiger partial charge in [0.1, 0.15) is 0 Å². The van der Waals surface area contributed by atoms with Crippen LogP contribution in [0.3, 0.4) is 0 Å². The number of thioether (sulfide) groups is 1. The molecule has 1 atom stereocenters. The molecule has 1 aliphatic rings. The van der Waals surface area contributed by atoms with E-state index in [1.54, 1.807) is 0 Å². The van der Waals surface area contributed by atoms with Gasteiger partial charge in [-0.2, -0.15) is 11.8 Å². The first-order valence-electron chi connectivity index (χ1n) is 6.35. The Balaban J connectivity index is 2.23. The van der Waals surface area contributed by atoms with Crippen LogP contribution in [0, 0.1) is 11.3 Å². The molecule has 0 aromatic rings. The fourth-order valence-electron chi connectivity index (χ4n) is 1.81. The maximum absolute atomic E-state index is 3.68. The minimum atomic E-state index is 0.455. The average molecular weight is 229 g/mol. The second-order valence-corrected chi connectivity index (χ2v) is 7.12. The Morgan fingerprint density at radius 3 is 2.47 bits per heavy atom. The van der Waals surface area contributed by atoms with E-state index in [-0.39, 0.29) is 0 Å². The van der Waals surface area contributed by atoms with Crippen molar-refractivity contribution >= 4 is 11.8 Å². The summed E-state index contributed by atoms with van der Waals surface area (Å²) in [6.45, 7) is 10.6. The lowest BCUT2D eigenvalue weighted by Gasteiger charge is -2.31. The monoisotopic (exact) mass is 229 g/mol. The topological polar surface area (TPSA) is 12.0 Å². The summed E-state index contributed by atoms with van der Waals surface area (Å²) < 4.78 is 0. The quantitative estimate of drug-likeness (QED) is 0.670. The highest BCUT2D eigenvalue weighted by molar-refractivity contribution is 7.99. The van der Waals surface area contributed by atoms with E-state index in [0.717, 1.165) is 12.0 Å². The molecule has 1 saturated carbocycles. The molecule has 1 rings (SSSR count). The third-order valence-corrected chi connectivity index (χ3v) is 4.20. The van der Waals surface area contributed by atoms with Gasteiger partial charge in [0.05, 0.1) is 0 Å². The SMILES string of the molecule is CCSCCC(CNC1CC1)C(C)(C)C. The third kappa shape index (κ3) is 5.82. The largest absolute Gasteiger partial charge is 0.314 e. The second-order valence-electron chi connectivity index (χ2n) is 5.73. The standard InChI is InChI=1S/C13H27NS/c1-5-15-9-8-11(13(2,3)4)10-14-12-6-7-12/h11-12,14H,5-10H2,1-4H3. The van der Waals surface area contributed by atoms with Crippen LogP contribution in [0.5, 0.6) is 0 Å². The summed E-state index contributed by atoms with van der Waals surface area (Å²) >= 11 is 2.07. The number of nitrogens with one attached hydrogen (secondary N) is 1. The zero-order chi connectivity index (χ0) is 11.3. The van der Waals surface area contributed by atoms with Crippen molar-refractivity contribution < 1.29 is 0 Å². The molecule has 1 N–H and O–H groups in total. The molecule has 15 heavy (non-hydrogen) atoms. The lowest BCUT2D eigenvalue weighted by Crippen LogP contribution is -2.33. The van der Waals surface area contributed by atoms with E-state index < -0.39 is 0 Å². The van der Waals surface area contributed by atoms with Crippen molar-refractivity contribution in [2.75, 3.05) is 18.1 Å². The van der Waals surface area contributed by atoms with E-state index >= 15 is 0 Å². The van der Waals surface area contributed by atoms with Gasteiger partial charge in [-0.3, -0.25) is 0 Å². The first kappa shape index (κ1) is 13.4. The lowest BCUT2D eigenvalue weighted by molar-refractivity contribution is 0.226. The van der Waals surface area contributed by atoms with Gasteiger partial charge in [0.25, 0.3) is 0 Å². The molecule has 0 amide bonds. The molecule has 1 unspecified atom stereocenters. The zero-order valence-electron chi connectivity index (χ0n) is 10.8. The van der Waals surface area contributed by atoms with Crippen molar-refractivity contribution in [1.29, 1.82) is 0 Å². The van der Waals surface area contributed by atoms with E-state index in [1.165, 1.54) is 37.3 Å². The van der Waals surface area contributed by atoms with E-state index in [0.29, 0.717) is 5.41 Å². The molecule has 0 bridgehead atoms. The van der Waals surface area contributed by atoms with Crippen LogP contribution in [0.25, 0.3) is 0 Å². The number of hydrogen-bond acceptors (Lipinski definition) is 2. The normalized spacial score (nSPS) is 19.2. The van der Waals surface area contributed by atoms with Crippen LogP contribution in [0.2, 0.25) is 0 Å². The fraction of sp³-hybridized carbons (Fsp3) is 1.00. The van der Waals surface area contributed by atoms with Gasteiger partial charge in [-0.1, -0.05) is 27.7 Å². The highest BCUT2D eigenvalue weighted by atomic mass is 32.2. The predicted molar refractivity (Wildman–Crippen MR) is 71.6 cm³/mol. The zero-order valence-corrected chi connectivity index (χ0v) is 11.6. The maximum atomic E-state index is 3.68. The molecule has 0 spiro atoms. The molecule has 2 heteroatoms. The van der Waals surface area contributed by atoms with E-state index in [1.807, 2.05) is 0 Å². The van der Waals surface area contributed by atoms with Gasteiger partial charge in [0, 0.05) is 6.04 Å². The molecule has 0 radical (unpaired) electrons. The highest BCUT2D eigenvalue weighted by Gasteiger charge is 2.27. The summed E-state index contributed by atoms with van der Waals surface area (Å²) in [4.78, 5) is 0. The first-order chi connectivity index (χ1) is 7.04.